The third-order valence-electron chi connectivity index (χ3n) is 4.48. The van der Waals surface area contributed by atoms with Gasteiger partial charge >= 0.3 is 0 Å². The van der Waals surface area contributed by atoms with Crippen LogP contribution in [0, 0.1) is 5.92 Å². The zero-order valence-corrected chi connectivity index (χ0v) is 12.9. The molecule has 2 heterocycles. The molecule has 21 heavy (non-hydrogen) atoms. The quantitative estimate of drug-likeness (QED) is 0.940. The fourth-order valence-electron chi connectivity index (χ4n) is 3.00. The van der Waals surface area contributed by atoms with Gasteiger partial charge in [-0.05, 0) is 50.6 Å². The molecule has 1 aliphatic rings. The lowest BCUT2D eigenvalue weighted by Gasteiger charge is -2.40. The molecule has 2 aromatic rings. The molecular formula is C16H23N5. The first-order chi connectivity index (χ1) is 10.1. The first-order valence-electron chi connectivity index (χ1n) is 7.57. The Morgan fingerprint density at radius 1 is 1.10 bits per heavy atom. The minimum Gasteiger partial charge on any atom is -0.382 e. The van der Waals surface area contributed by atoms with Crippen molar-refractivity contribution in [2.75, 3.05) is 18.9 Å². The Labute approximate surface area is 126 Å². The number of anilines is 1. The van der Waals surface area contributed by atoms with Crippen molar-refractivity contribution in [1.82, 2.24) is 19.9 Å². The average Bonchev–Trinajstić information content (AvgIpc) is 3.00. The Bertz CT molecular complexity index is 563. The van der Waals surface area contributed by atoms with Crippen LogP contribution in [-0.4, -0.2) is 45.6 Å². The van der Waals surface area contributed by atoms with E-state index in [1.807, 2.05) is 12.1 Å². The number of rotatable bonds is 3. The van der Waals surface area contributed by atoms with Crippen LogP contribution in [0.4, 0.5) is 5.69 Å². The van der Waals surface area contributed by atoms with E-state index >= 15 is 0 Å². The molecule has 112 valence electrons. The number of nitrogens with zero attached hydrogens (tertiary/aromatic N) is 4. The number of benzene rings is 1. The van der Waals surface area contributed by atoms with Crippen LogP contribution < -0.4 is 5.32 Å². The summed E-state index contributed by atoms with van der Waals surface area (Å²) >= 11 is 0. The summed E-state index contributed by atoms with van der Waals surface area (Å²) in [7, 11) is 2.21. The van der Waals surface area contributed by atoms with Crippen LogP contribution in [0.25, 0.3) is 5.69 Å². The molecule has 1 aliphatic heterocycles. The van der Waals surface area contributed by atoms with Gasteiger partial charge in [0.2, 0.25) is 0 Å². The Balaban J connectivity index is 1.68. The highest BCUT2D eigenvalue weighted by atomic mass is 15.5. The van der Waals surface area contributed by atoms with Crippen LogP contribution in [0.3, 0.4) is 0 Å². The minimum atomic E-state index is 0.532. The SMILES string of the molecule is CC1CN(C)C(C)CC1Nc1ccc(-n2nccn2)cc1. The predicted octanol–water partition coefficient (Wildman–Crippen LogP) is 2.41. The number of hydrogen-bond donors (Lipinski definition) is 1. The fourth-order valence-corrected chi connectivity index (χ4v) is 3.00. The van der Waals surface area contributed by atoms with Crippen molar-refractivity contribution in [3.05, 3.63) is 36.7 Å². The van der Waals surface area contributed by atoms with Crippen LogP contribution in [0.1, 0.15) is 20.3 Å². The number of aromatic nitrogens is 3. The molecule has 3 unspecified atom stereocenters. The van der Waals surface area contributed by atoms with Gasteiger partial charge in [-0.25, -0.2) is 0 Å². The smallest absolute Gasteiger partial charge is 0.0858 e. The second kappa shape index (κ2) is 5.85. The van der Waals surface area contributed by atoms with Crippen molar-refractivity contribution in [2.45, 2.75) is 32.4 Å². The molecule has 0 aliphatic carbocycles. The summed E-state index contributed by atoms with van der Waals surface area (Å²) in [5, 5.41) is 12.0. The normalized spacial score (nSPS) is 26.7. The molecule has 3 atom stereocenters. The molecule has 5 nitrogen and oxygen atoms in total. The standard InChI is InChI=1S/C16H23N5/c1-12-11-20(3)13(2)10-16(12)19-14-4-6-15(7-5-14)21-17-8-9-18-21/h4-9,12-13,16,19H,10-11H2,1-3H3. The maximum Gasteiger partial charge on any atom is 0.0858 e. The molecule has 1 saturated heterocycles. The monoisotopic (exact) mass is 285 g/mol. The zero-order valence-electron chi connectivity index (χ0n) is 12.9. The maximum absolute atomic E-state index is 4.14. The average molecular weight is 285 g/mol. The van der Waals surface area contributed by atoms with E-state index in [2.05, 4.69) is 53.4 Å². The van der Waals surface area contributed by atoms with Crippen molar-refractivity contribution in [1.29, 1.82) is 0 Å². The Morgan fingerprint density at radius 2 is 1.76 bits per heavy atom. The molecule has 1 aromatic carbocycles. The lowest BCUT2D eigenvalue weighted by atomic mass is 9.89. The maximum atomic E-state index is 4.14. The van der Waals surface area contributed by atoms with Gasteiger partial charge in [-0.1, -0.05) is 6.92 Å². The van der Waals surface area contributed by atoms with Gasteiger partial charge in [-0.3, -0.25) is 0 Å². The van der Waals surface area contributed by atoms with Crippen LogP contribution in [0.5, 0.6) is 0 Å². The first-order valence-corrected chi connectivity index (χ1v) is 7.57. The van der Waals surface area contributed by atoms with Crippen molar-refractivity contribution >= 4 is 5.69 Å². The molecule has 1 fully saturated rings. The molecule has 1 N–H and O–H groups in total. The predicted molar refractivity (Wildman–Crippen MR) is 84.6 cm³/mol. The van der Waals surface area contributed by atoms with Crippen molar-refractivity contribution < 1.29 is 0 Å². The van der Waals surface area contributed by atoms with Gasteiger partial charge in [-0.15, -0.1) is 0 Å². The van der Waals surface area contributed by atoms with Crippen LogP contribution in [0.2, 0.25) is 0 Å². The fraction of sp³-hybridized carbons (Fsp3) is 0.500. The lowest BCUT2D eigenvalue weighted by molar-refractivity contribution is 0.145. The second-order valence-electron chi connectivity index (χ2n) is 6.12. The van der Waals surface area contributed by atoms with E-state index in [-0.39, 0.29) is 0 Å². The molecular weight excluding hydrogens is 262 g/mol. The van der Waals surface area contributed by atoms with Crippen molar-refractivity contribution in [3.8, 4) is 5.69 Å². The molecule has 3 rings (SSSR count). The highest BCUT2D eigenvalue weighted by molar-refractivity contribution is 5.49. The van der Waals surface area contributed by atoms with Crippen LogP contribution in [0.15, 0.2) is 36.7 Å². The summed E-state index contributed by atoms with van der Waals surface area (Å²) in [6.07, 6.45) is 4.56. The number of piperidine rings is 1. The highest BCUT2D eigenvalue weighted by Gasteiger charge is 2.28. The minimum absolute atomic E-state index is 0.532. The van der Waals surface area contributed by atoms with E-state index < -0.39 is 0 Å². The Kier molecular flexibility index (Phi) is 3.92. The number of nitrogens with one attached hydrogen (secondary N) is 1. The molecule has 1 aromatic heterocycles. The summed E-state index contributed by atoms with van der Waals surface area (Å²) in [5.41, 5.74) is 2.15. The highest BCUT2D eigenvalue weighted by Crippen LogP contribution is 2.24. The van der Waals surface area contributed by atoms with E-state index in [0.717, 1.165) is 12.2 Å². The summed E-state index contributed by atoms with van der Waals surface area (Å²) < 4.78 is 0. The van der Waals surface area contributed by atoms with E-state index in [1.165, 1.54) is 12.1 Å². The summed E-state index contributed by atoms with van der Waals surface area (Å²) in [6.45, 7) is 5.77. The summed E-state index contributed by atoms with van der Waals surface area (Å²) in [4.78, 5) is 4.07. The van der Waals surface area contributed by atoms with E-state index in [9.17, 15) is 0 Å². The first kappa shape index (κ1) is 14.1. The summed E-state index contributed by atoms with van der Waals surface area (Å²) in [6, 6.07) is 9.47. The van der Waals surface area contributed by atoms with Gasteiger partial charge in [-0.2, -0.15) is 15.0 Å². The molecule has 5 heteroatoms. The van der Waals surface area contributed by atoms with Crippen LogP contribution >= 0.6 is 0 Å². The largest absolute Gasteiger partial charge is 0.382 e. The molecule has 0 radical (unpaired) electrons. The molecule has 0 bridgehead atoms. The van der Waals surface area contributed by atoms with Gasteiger partial charge in [0.1, 0.15) is 0 Å². The Hall–Kier alpha value is -1.88. The van der Waals surface area contributed by atoms with E-state index in [0.29, 0.717) is 18.0 Å². The zero-order chi connectivity index (χ0) is 14.8. The van der Waals surface area contributed by atoms with Crippen molar-refractivity contribution in [2.24, 2.45) is 5.92 Å². The number of hydrogen-bond acceptors (Lipinski definition) is 4. The lowest BCUT2D eigenvalue weighted by Crippen LogP contribution is -2.48. The van der Waals surface area contributed by atoms with Crippen LogP contribution in [-0.2, 0) is 0 Å². The number of likely N-dealkylation sites (tertiary alicyclic amines) is 1. The summed E-state index contributed by atoms with van der Waals surface area (Å²) in [5.74, 6) is 0.652. The van der Waals surface area contributed by atoms with E-state index in [4.69, 9.17) is 0 Å². The third-order valence-corrected chi connectivity index (χ3v) is 4.48. The second-order valence-corrected chi connectivity index (χ2v) is 6.12. The molecule has 0 saturated carbocycles. The van der Waals surface area contributed by atoms with E-state index in [1.54, 1.807) is 17.2 Å². The molecule has 0 amide bonds. The van der Waals surface area contributed by atoms with Gasteiger partial charge in [0.05, 0.1) is 18.1 Å². The molecule has 0 spiro atoms. The van der Waals surface area contributed by atoms with Gasteiger partial charge in [0, 0.05) is 24.3 Å². The third kappa shape index (κ3) is 3.08. The van der Waals surface area contributed by atoms with Gasteiger partial charge in [0.25, 0.3) is 0 Å². The van der Waals surface area contributed by atoms with Gasteiger partial charge < -0.3 is 10.2 Å². The van der Waals surface area contributed by atoms with Gasteiger partial charge in [0.15, 0.2) is 0 Å². The topological polar surface area (TPSA) is 46.0 Å². The van der Waals surface area contributed by atoms with Crippen molar-refractivity contribution in [3.63, 3.8) is 0 Å². The Morgan fingerprint density at radius 3 is 2.43 bits per heavy atom.